The maximum absolute atomic E-state index is 13.1. The van der Waals surface area contributed by atoms with Crippen molar-refractivity contribution < 1.29 is 13.2 Å². The van der Waals surface area contributed by atoms with E-state index in [2.05, 4.69) is 4.98 Å². The van der Waals surface area contributed by atoms with Crippen molar-refractivity contribution in [3.05, 3.63) is 26.8 Å². The Morgan fingerprint density at radius 2 is 2.15 bits per heavy atom. The average Bonchev–Trinajstić information content (AvgIpc) is 2.09. The zero-order valence-electron chi connectivity index (χ0n) is 6.20. The Labute approximate surface area is 91.4 Å². The Bertz CT molecular complexity index is 319. The van der Waals surface area contributed by atoms with Crippen molar-refractivity contribution in [1.29, 1.82) is 0 Å². The Hall–Kier alpha value is -0.0400. The van der Waals surface area contributed by atoms with E-state index in [1.165, 1.54) is 0 Å². The molecule has 0 bridgehead atoms. The summed E-state index contributed by atoms with van der Waals surface area (Å²) in [5.74, 6) is -1.03. The first-order valence-electron chi connectivity index (χ1n) is 3.24. The highest BCUT2D eigenvalue weighted by Crippen LogP contribution is 2.27. The Morgan fingerprint density at radius 3 is 2.62 bits per heavy atom. The quantitative estimate of drug-likeness (QED) is 0.461. The fraction of sp³-hybridized carbons (Fsp3) is 0.286. The van der Waals surface area contributed by atoms with Gasteiger partial charge in [-0.2, -0.15) is 0 Å². The topological polar surface area (TPSA) is 12.9 Å². The van der Waals surface area contributed by atoms with E-state index in [-0.39, 0.29) is 15.1 Å². The van der Waals surface area contributed by atoms with Crippen LogP contribution in [-0.2, 0) is 5.88 Å². The van der Waals surface area contributed by atoms with Crippen molar-refractivity contribution in [1.82, 2.24) is 4.98 Å². The van der Waals surface area contributed by atoms with E-state index in [1.807, 2.05) is 0 Å². The van der Waals surface area contributed by atoms with E-state index >= 15 is 0 Å². The van der Waals surface area contributed by atoms with E-state index in [0.717, 1.165) is 6.20 Å². The Kier molecular flexibility index (Phi) is 3.78. The van der Waals surface area contributed by atoms with Crippen LogP contribution in [0, 0.1) is 9.52 Å². The van der Waals surface area contributed by atoms with Gasteiger partial charge in [0, 0.05) is 17.3 Å². The number of pyridine rings is 1. The molecule has 0 atom stereocenters. The fourth-order valence-electron chi connectivity index (χ4n) is 0.836. The van der Waals surface area contributed by atoms with Gasteiger partial charge in [0.05, 0.1) is 5.88 Å². The molecule has 6 heteroatoms. The van der Waals surface area contributed by atoms with Gasteiger partial charge < -0.3 is 0 Å². The molecule has 0 radical (unpaired) electrons. The van der Waals surface area contributed by atoms with Gasteiger partial charge in [-0.25, -0.2) is 18.2 Å². The monoisotopic (exact) mass is 321 g/mol. The molecule has 0 unspecified atom stereocenters. The summed E-state index contributed by atoms with van der Waals surface area (Å²) in [6.45, 7) is 0. The number of rotatable bonds is 2. The molecule has 0 N–H and O–H groups in total. The molecule has 1 aromatic rings. The highest BCUT2D eigenvalue weighted by molar-refractivity contribution is 14.1. The molecule has 1 nitrogen and oxygen atoms in total. The summed E-state index contributed by atoms with van der Waals surface area (Å²) in [5.41, 5.74) is -0.607. The van der Waals surface area contributed by atoms with Crippen LogP contribution in [0.2, 0.25) is 0 Å². The third kappa shape index (κ3) is 2.25. The summed E-state index contributed by atoms with van der Waals surface area (Å²) < 4.78 is 37.7. The van der Waals surface area contributed by atoms with Crippen molar-refractivity contribution in [2.75, 3.05) is 0 Å². The van der Waals surface area contributed by atoms with Gasteiger partial charge in [0.1, 0.15) is 3.70 Å². The second-order valence-corrected chi connectivity index (χ2v) is 3.52. The third-order valence-corrected chi connectivity index (χ3v) is 2.50. The lowest BCUT2D eigenvalue weighted by molar-refractivity contribution is 0.149. The predicted molar refractivity (Wildman–Crippen MR) is 51.4 cm³/mol. The molecule has 0 amide bonds. The molecule has 0 saturated carbocycles. The van der Waals surface area contributed by atoms with Crippen LogP contribution in [-0.4, -0.2) is 4.98 Å². The molecule has 0 aliphatic rings. The molecule has 1 heterocycles. The van der Waals surface area contributed by atoms with Crippen LogP contribution in [0.4, 0.5) is 13.2 Å². The summed E-state index contributed by atoms with van der Waals surface area (Å²) in [7, 11) is 0. The second-order valence-electron chi connectivity index (χ2n) is 2.23. The lowest BCUT2D eigenvalue weighted by Crippen LogP contribution is -2.01. The van der Waals surface area contributed by atoms with E-state index in [9.17, 15) is 13.2 Å². The van der Waals surface area contributed by atoms with Crippen molar-refractivity contribution in [2.45, 2.75) is 12.3 Å². The molecule has 0 aliphatic heterocycles. The van der Waals surface area contributed by atoms with Crippen LogP contribution in [0.5, 0.6) is 0 Å². The molecule has 13 heavy (non-hydrogen) atoms. The molecule has 1 rings (SSSR count). The van der Waals surface area contributed by atoms with Gasteiger partial charge in [-0.15, -0.1) is 11.6 Å². The number of hydrogen-bond donors (Lipinski definition) is 0. The summed E-state index contributed by atoms with van der Waals surface area (Å²) in [4.78, 5) is 3.48. The van der Waals surface area contributed by atoms with Crippen molar-refractivity contribution >= 4 is 34.2 Å². The molecule has 0 saturated heterocycles. The Morgan fingerprint density at radius 1 is 1.54 bits per heavy atom. The first kappa shape index (κ1) is 11.0. The average molecular weight is 321 g/mol. The second kappa shape index (κ2) is 4.45. The van der Waals surface area contributed by atoms with Gasteiger partial charge in [0.2, 0.25) is 0 Å². The zero-order chi connectivity index (χ0) is 10.0. The molecule has 0 spiro atoms. The molecule has 0 aliphatic carbocycles. The lowest BCUT2D eigenvalue weighted by atomic mass is 10.1. The summed E-state index contributed by atoms with van der Waals surface area (Å²) in [6.07, 6.45) is -1.79. The third-order valence-electron chi connectivity index (χ3n) is 1.48. The van der Waals surface area contributed by atoms with Crippen LogP contribution in [0.1, 0.15) is 17.6 Å². The molecule has 0 aromatic carbocycles. The van der Waals surface area contributed by atoms with Gasteiger partial charge in [-0.05, 0) is 22.6 Å². The molecule has 0 fully saturated rings. The van der Waals surface area contributed by atoms with Crippen molar-refractivity contribution in [3.8, 4) is 0 Å². The van der Waals surface area contributed by atoms with Gasteiger partial charge in [0.15, 0.2) is 5.82 Å². The zero-order valence-corrected chi connectivity index (χ0v) is 9.11. The first-order chi connectivity index (χ1) is 6.07. The minimum absolute atomic E-state index is 0.0534. The minimum Gasteiger partial charge on any atom is -0.247 e. The number of alkyl halides is 3. The highest BCUT2D eigenvalue weighted by atomic mass is 127. The molecular formula is C7H4ClF3IN. The van der Waals surface area contributed by atoms with Gasteiger partial charge in [0.25, 0.3) is 6.43 Å². The fourth-order valence-corrected chi connectivity index (χ4v) is 1.57. The maximum atomic E-state index is 13.1. The standard InChI is InChI=1S/C7H4ClF3IN/c8-1-3-4(6(10)11)2-13-7(12)5(3)9/h2,6H,1H2. The highest BCUT2D eigenvalue weighted by Gasteiger charge is 2.18. The predicted octanol–water partition coefficient (Wildman–Crippen LogP) is 3.50. The van der Waals surface area contributed by atoms with E-state index in [0.29, 0.717) is 0 Å². The van der Waals surface area contributed by atoms with Crippen molar-refractivity contribution in [2.24, 2.45) is 0 Å². The largest absolute Gasteiger partial charge is 0.265 e. The normalized spacial score (nSPS) is 10.9. The number of aromatic nitrogens is 1. The van der Waals surface area contributed by atoms with Crippen LogP contribution in [0.15, 0.2) is 6.20 Å². The number of halogens is 5. The van der Waals surface area contributed by atoms with Crippen molar-refractivity contribution in [3.63, 3.8) is 0 Å². The van der Waals surface area contributed by atoms with Crippen LogP contribution in [0.25, 0.3) is 0 Å². The molecule has 1 aromatic heterocycles. The van der Waals surface area contributed by atoms with Gasteiger partial charge >= 0.3 is 0 Å². The summed E-state index contributed by atoms with van der Waals surface area (Å²) in [5, 5.41) is 0. The number of hydrogen-bond acceptors (Lipinski definition) is 1. The van der Waals surface area contributed by atoms with Gasteiger partial charge in [-0.3, -0.25) is 0 Å². The molecule has 72 valence electrons. The van der Waals surface area contributed by atoms with E-state index < -0.39 is 17.8 Å². The maximum Gasteiger partial charge on any atom is 0.265 e. The van der Waals surface area contributed by atoms with Crippen LogP contribution in [0.3, 0.4) is 0 Å². The summed E-state index contributed by atoms with van der Waals surface area (Å²) in [6, 6.07) is 0. The van der Waals surface area contributed by atoms with Crippen LogP contribution >= 0.6 is 34.2 Å². The minimum atomic E-state index is -2.74. The van der Waals surface area contributed by atoms with Crippen LogP contribution < -0.4 is 0 Å². The summed E-state index contributed by atoms with van der Waals surface area (Å²) >= 11 is 6.97. The smallest absolute Gasteiger partial charge is 0.247 e. The SMILES string of the molecule is Fc1c(I)ncc(C(F)F)c1CCl. The first-order valence-corrected chi connectivity index (χ1v) is 4.86. The van der Waals surface area contributed by atoms with E-state index in [1.54, 1.807) is 22.6 Å². The number of nitrogens with zero attached hydrogens (tertiary/aromatic N) is 1. The van der Waals surface area contributed by atoms with Gasteiger partial charge in [-0.1, -0.05) is 0 Å². The lowest BCUT2D eigenvalue weighted by Gasteiger charge is -2.07. The van der Waals surface area contributed by atoms with E-state index in [4.69, 9.17) is 11.6 Å². The Balaban J connectivity index is 3.30. The molecular weight excluding hydrogens is 317 g/mol.